The van der Waals surface area contributed by atoms with E-state index in [4.69, 9.17) is 18.9 Å². The Morgan fingerprint density at radius 3 is 2.41 bits per heavy atom. The zero-order valence-electron chi connectivity index (χ0n) is 15.9. The van der Waals surface area contributed by atoms with Crippen molar-refractivity contribution in [2.24, 2.45) is 0 Å². The molecule has 0 aliphatic carbocycles. The zero-order valence-corrected chi connectivity index (χ0v) is 15.9. The van der Waals surface area contributed by atoms with Gasteiger partial charge in [-0.05, 0) is 55.7 Å². The van der Waals surface area contributed by atoms with Crippen LogP contribution in [-0.2, 0) is 4.74 Å². The summed E-state index contributed by atoms with van der Waals surface area (Å²) in [6.07, 6.45) is 0. The lowest BCUT2D eigenvalue weighted by Gasteiger charge is -2.21. The van der Waals surface area contributed by atoms with Gasteiger partial charge in [0.15, 0.2) is 18.1 Å². The van der Waals surface area contributed by atoms with Crippen molar-refractivity contribution in [3.8, 4) is 17.2 Å². The van der Waals surface area contributed by atoms with E-state index in [0.717, 1.165) is 16.7 Å². The summed E-state index contributed by atoms with van der Waals surface area (Å²) in [6.45, 7) is 6.27. The van der Waals surface area contributed by atoms with Gasteiger partial charge in [0, 0.05) is 5.56 Å². The summed E-state index contributed by atoms with van der Waals surface area (Å²) in [5, 5.41) is 0. The van der Waals surface area contributed by atoms with Crippen LogP contribution in [0, 0.1) is 20.8 Å². The average molecular weight is 370 g/mol. The Hall–Kier alpha value is -3.02. The van der Waals surface area contributed by atoms with Crippen LogP contribution in [0.2, 0.25) is 0 Å². The standard InChI is InChI=1S/C21H22O6/c1-12-7-14(3)16(8-13(12)2)17(22)11-27-21(23)15-9-18(24-4)20-19(10-15)25-5-6-26-20/h7-10H,5-6,11H2,1-4H3. The lowest BCUT2D eigenvalue weighted by molar-refractivity contribution is 0.0473. The molecule has 0 N–H and O–H groups in total. The molecular weight excluding hydrogens is 348 g/mol. The van der Waals surface area contributed by atoms with Gasteiger partial charge in [-0.1, -0.05) is 6.07 Å². The van der Waals surface area contributed by atoms with Gasteiger partial charge >= 0.3 is 5.97 Å². The minimum Gasteiger partial charge on any atom is -0.493 e. The highest BCUT2D eigenvalue weighted by molar-refractivity contribution is 6.00. The Morgan fingerprint density at radius 2 is 1.67 bits per heavy atom. The molecule has 0 atom stereocenters. The molecule has 2 aromatic rings. The summed E-state index contributed by atoms with van der Waals surface area (Å²) < 4.78 is 21.5. The van der Waals surface area contributed by atoms with Crippen molar-refractivity contribution in [3.05, 3.63) is 52.1 Å². The van der Waals surface area contributed by atoms with E-state index < -0.39 is 5.97 Å². The van der Waals surface area contributed by atoms with Crippen LogP contribution in [0.4, 0.5) is 0 Å². The van der Waals surface area contributed by atoms with E-state index in [1.807, 2.05) is 32.9 Å². The van der Waals surface area contributed by atoms with Gasteiger partial charge in [-0.3, -0.25) is 4.79 Å². The Balaban J connectivity index is 1.74. The summed E-state index contributed by atoms with van der Waals surface area (Å²) in [5.41, 5.74) is 3.79. The summed E-state index contributed by atoms with van der Waals surface area (Å²) in [4.78, 5) is 24.9. The topological polar surface area (TPSA) is 71.1 Å². The second kappa shape index (κ2) is 7.70. The molecule has 142 valence electrons. The molecule has 3 rings (SSSR count). The summed E-state index contributed by atoms with van der Waals surface area (Å²) in [7, 11) is 1.48. The number of hydrogen-bond donors (Lipinski definition) is 0. The molecule has 0 fully saturated rings. The molecular formula is C21H22O6. The second-order valence-electron chi connectivity index (χ2n) is 6.45. The number of carbonyl (C=O) groups is 2. The quantitative estimate of drug-likeness (QED) is 0.593. The van der Waals surface area contributed by atoms with Gasteiger partial charge in [0.1, 0.15) is 13.2 Å². The van der Waals surface area contributed by atoms with Crippen molar-refractivity contribution in [1.82, 2.24) is 0 Å². The van der Waals surface area contributed by atoms with Crippen LogP contribution < -0.4 is 14.2 Å². The van der Waals surface area contributed by atoms with Crippen LogP contribution in [0.15, 0.2) is 24.3 Å². The van der Waals surface area contributed by atoms with Gasteiger partial charge in [0.2, 0.25) is 11.5 Å². The first-order chi connectivity index (χ1) is 12.9. The molecule has 27 heavy (non-hydrogen) atoms. The number of Topliss-reactive ketones (excluding diaryl/α,β-unsaturated/α-hetero) is 1. The predicted octanol–water partition coefficient (Wildman–Crippen LogP) is 3.43. The molecule has 1 heterocycles. The normalized spacial score (nSPS) is 12.4. The van der Waals surface area contributed by atoms with E-state index in [-0.39, 0.29) is 18.0 Å². The van der Waals surface area contributed by atoms with Gasteiger partial charge in [-0.15, -0.1) is 0 Å². The molecule has 0 aromatic heterocycles. The van der Waals surface area contributed by atoms with E-state index in [9.17, 15) is 9.59 Å². The fourth-order valence-corrected chi connectivity index (χ4v) is 2.94. The molecule has 0 bridgehead atoms. The number of hydrogen-bond acceptors (Lipinski definition) is 6. The lowest BCUT2D eigenvalue weighted by atomic mass is 9.98. The van der Waals surface area contributed by atoms with E-state index in [2.05, 4.69) is 0 Å². The number of benzene rings is 2. The first-order valence-corrected chi connectivity index (χ1v) is 8.66. The number of esters is 1. The first kappa shape index (κ1) is 18.8. The highest BCUT2D eigenvalue weighted by atomic mass is 16.6. The molecule has 1 aliphatic rings. The lowest BCUT2D eigenvalue weighted by Crippen LogP contribution is -2.18. The van der Waals surface area contributed by atoms with Crippen LogP contribution >= 0.6 is 0 Å². The maximum absolute atomic E-state index is 12.5. The molecule has 0 unspecified atom stereocenters. The largest absolute Gasteiger partial charge is 0.493 e. The van der Waals surface area contributed by atoms with Crippen LogP contribution in [0.25, 0.3) is 0 Å². The van der Waals surface area contributed by atoms with Crippen LogP contribution in [0.3, 0.4) is 0 Å². The monoisotopic (exact) mass is 370 g/mol. The fraction of sp³-hybridized carbons (Fsp3) is 0.333. The van der Waals surface area contributed by atoms with E-state index in [0.29, 0.717) is 36.0 Å². The fourth-order valence-electron chi connectivity index (χ4n) is 2.94. The third-order valence-electron chi connectivity index (χ3n) is 4.54. The Labute approximate surface area is 158 Å². The van der Waals surface area contributed by atoms with Crippen molar-refractivity contribution in [2.75, 3.05) is 26.9 Å². The summed E-state index contributed by atoms with van der Waals surface area (Å²) in [6, 6.07) is 6.83. The van der Waals surface area contributed by atoms with Gasteiger partial charge in [0.25, 0.3) is 0 Å². The summed E-state index contributed by atoms with van der Waals surface area (Å²) >= 11 is 0. The summed E-state index contributed by atoms with van der Waals surface area (Å²) in [5.74, 6) is 0.398. The van der Waals surface area contributed by atoms with E-state index in [1.165, 1.54) is 19.2 Å². The molecule has 0 amide bonds. The molecule has 6 heteroatoms. The maximum atomic E-state index is 12.5. The Bertz CT molecular complexity index is 883. The van der Waals surface area contributed by atoms with Crippen molar-refractivity contribution in [3.63, 3.8) is 0 Å². The molecule has 0 radical (unpaired) electrons. The maximum Gasteiger partial charge on any atom is 0.338 e. The zero-order chi connectivity index (χ0) is 19.6. The molecule has 0 saturated carbocycles. The van der Waals surface area contributed by atoms with Crippen molar-refractivity contribution < 1.29 is 28.5 Å². The van der Waals surface area contributed by atoms with Crippen molar-refractivity contribution in [1.29, 1.82) is 0 Å². The molecule has 1 aliphatic heterocycles. The number of rotatable bonds is 5. The molecule has 6 nitrogen and oxygen atoms in total. The molecule has 0 saturated heterocycles. The van der Waals surface area contributed by atoms with Crippen molar-refractivity contribution in [2.45, 2.75) is 20.8 Å². The van der Waals surface area contributed by atoms with E-state index in [1.54, 1.807) is 0 Å². The highest BCUT2D eigenvalue weighted by Crippen LogP contribution is 2.40. The van der Waals surface area contributed by atoms with Crippen LogP contribution in [-0.4, -0.2) is 38.7 Å². The van der Waals surface area contributed by atoms with Gasteiger partial charge < -0.3 is 18.9 Å². The third-order valence-corrected chi connectivity index (χ3v) is 4.54. The smallest absolute Gasteiger partial charge is 0.338 e. The van der Waals surface area contributed by atoms with Gasteiger partial charge in [-0.2, -0.15) is 0 Å². The number of carbonyl (C=O) groups excluding carboxylic acids is 2. The van der Waals surface area contributed by atoms with Crippen LogP contribution in [0.5, 0.6) is 17.2 Å². The molecule has 2 aromatic carbocycles. The SMILES string of the molecule is COc1cc(C(=O)OCC(=O)c2cc(C)c(C)cc2C)cc2c1OCCO2. The van der Waals surface area contributed by atoms with Crippen LogP contribution in [0.1, 0.15) is 37.4 Å². The number of methoxy groups -OCH3 is 1. The number of aryl methyl sites for hydroxylation is 3. The Kier molecular flexibility index (Phi) is 5.35. The van der Waals surface area contributed by atoms with Gasteiger partial charge in [0.05, 0.1) is 12.7 Å². The van der Waals surface area contributed by atoms with E-state index >= 15 is 0 Å². The third kappa shape index (κ3) is 3.89. The van der Waals surface area contributed by atoms with Gasteiger partial charge in [-0.25, -0.2) is 4.79 Å². The minimum atomic E-state index is -0.625. The average Bonchev–Trinajstić information content (AvgIpc) is 2.67. The predicted molar refractivity (Wildman–Crippen MR) is 99.3 cm³/mol. The second-order valence-corrected chi connectivity index (χ2v) is 6.45. The minimum absolute atomic E-state index is 0.237. The van der Waals surface area contributed by atoms with Crippen molar-refractivity contribution >= 4 is 11.8 Å². The number of ketones is 1. The number of ether oxygens (including phenoxy) is 4. The highest BCUT2D eigenvalue weighted by Gasteiger charge is 2.22. The molecule has 0 spiro atoms. The Morgan fingerprint density at radius 1 is 0.963 bits per heavy atom. The first-order valence-electron chi connectivity index (χ1n) is 8.66. The number of fused-ring (bicyclic) bond motifs is 1.